The van der Waals surface area contributed by atoms with Gasteiger partial charge < -0.3 is 14.2 Å². The summed E-state index contributed by atoms with van der Waals surface area (Å²) in [6, 6.07) is 16.0. The predicted octanol–water partition coefficient (Wildman–Crippen LogP) is 5.68. The van der Waals surface area contributed by atoms with Crippen molar-refractivity contribution in [3.8, 4) is 11.5 Å². The predicted molar refractivity (Wildman–Crippen MR) is 129 cm³/mol. The zero-order chi connectivity index (χ0) is 24.7. The Balaban J connectivity index is 1.69. The zero-order valence-electron chi connectivity index (χ0n) is 18.6. The standard InChI is InChI=1S/C25H22BrNO7/c1-3-32-23-13-19(12-21(26)24(23)33-14-17-6-4-16(2)5-7-17)25(29)34-15-22(28)18-8-10-20(11-9-18)27(30)31/h4-13H,3,14-15H2,1-2H3. The molecule has 34 heavy (non-hydrogen) atoms. The molecule has 0 aromatic heterocycles. The molecule has 176 valence electrons. The number of halogens is 1. The molecule has 0 aliphatic carbocycles. The first kappa shape index (κ1) is 24.9. The van der Waals surface area contributed by atoms with Crippen LogP contribution in [-0.2, 0) is 11.3 Å². The maximum atomic E-state index is 12.6. The van der Waals surface area contributed by atoms with E-state index in [-0.39, 0.29) is 16.8 Å². The fraction of sp³-hybridized carbons (Fsp3) is 0.200. The third kappa shape index (κ3) is 6.41. The smallest absolute Gasteiger partial charge is 0.338 e. The molecule has 0 radical (unpaired) electrons. The van der Waals surface area contributed by atoms with Gasteiger partial charge in [-0.2, -0.15) is 0 Å². The molecule has 3 rings (SSSR count). The lowest BCUT2D eigenvalue weighted by molar-refractivity contribution is -0.384. The van der Waals surface area contributed by atoms with Crippen LogP contribution >= 0.6 is 15.9 Å². The summed E-state index contributed by atoms with van der Waals surface area (Å²) in [4.78, 5) is 35.0. The van der Waals surface area contributed by atoms with E-state index < -0.39 is 23.3 Å². The van der Waals surface area contributed by atoms with Crippen molar-refractivity contribution >= 4 is 33.4 Å². The summed E-state index contributed by atoms with van der Waals surface area (Å²) in [5, 5.41) is 10.7. The Morgan fingerprint density at radius 2 is 1.65 bits per heavy atom. The Morgan fingerprint density at radius 1 is 0.971 bits per heavy atom. The molecular weight excluding hydrogens is 506 g/mol. The average Bonchev–Trinajstić information content (AvgIpc) is 2.83. The minimum Gasteiger partial charge on any atom is -0.490 e. The number of Topliss-reactive ketones (excluding diaryl/α,β-unsaturated/α-hetero) is 1. The number of carbonyl (C=O) groups excluding carboxylic acids is 2. The van der Waals surface area contributed by atoms with Crippen LogP contribution in [0, 0.1) is 17.0 Å². The molecule has 0 saturated heterocycles. The molecule has 0 heterocycles. The molecule has 0 amide bonds. The van der Waals surface area contributed by atoms with Crippen LogP contribution < -0.4 is 9.47 Å². The summed E-state index contributed by atoms with van der Waals surface area (Å²) >= 11 is 3.42. The van der Waals surface area contributed by atoms with E-state index in [9.17, 15) is 19.7 Å². The number of nitrogens with zero attached hydrogens (tertiary/aromatic N) is 1. The maximum Gasteiger partial charge on any atom is 0.338 e. The van der Waals surface area contributed by atoms with E-state index in [1.807, 2.05) is 38.1 Å². The minimum atomic E-state index is -0.720. The lowest BCUT2D eigenvalue weighted by Gasteiger charge is -2.15. The molecule has 8 nitrogen and oxygen atoms in total. The highest BCUT2D eigenvalue weighted by Gasteiger charge is 2.19. The summed E-state index contributed by atoms with van der Waals surface area (Å²) in [7, 11) is 0. The van der Waals surface area contributed by atoms with Crippen molar-refractivity contribution in [2.45, 2.75) is 20.5 Å². The van der Waals surface area contributed by atoms with Gasteiger partial charge >= 0.3 is 5.97 Å². The molecule has 0 aliphatic heterocycles. The first-order valence-corrected chi connectivity index (χ1v) is 11.2. The van der Waals surface area contributed by atoms with E-state index in [1.54, 1.807) is 0 Å². The van der Waals surface area contributed by atoms with Crippen LogP contribution in [0.3, 0.4) is 0 Å². The first-order valence-electron chi connectivity index (χ1n) is 10.4. The Morgan fingerprint density at radius 3 is 2.26 bits per heavy atom. The number of benzene rings is 3. The molecule has 0 aliphatic rings. The molecule has 0 bridgehead atoms. The number of esters is 1. The monoisotopic (exact) mass is 527 g/mol. The molecule has 9 heteroatoms. The van der Waals surface area contributed by atoms with Crippen LogP contribution in [0.25, 0.3) is 0 Å². The summed E-state index contributed by atoms with van der Waals surface area (Å²) in [5.41, 5.74) is 2.37. The number of aryl methyl sites for hydroxylation is 1. The van der Waals surface area contributed by atoms with Gasteiger partial charge in [0.15, 0.2) is 23.9 Å². The molecular formula is C25H22BrNO7. The second kappa shape index (κ2) is 11.4. The van der Waals surface area contributed by atoms with Crippen LogP contribution in [0.2, 0.25) is 0 Å². The van der Waals surface area contributed by atoms with Crippen LogP contribution in [0.15, 0.2) is 65.1 Å². The zero-order valence-corrected chi connectivity index (χ0v) is 20.2. The summed E-state index contributed by atoms with van der Waals surface area (Å²) in [6.45, 7) is 3.97. The number of nitro groups is 1. The third-order valence-electron chi connectivity index (χ3n) is 4.78. The molecule has 0 saturated carbocycles. The number of rotatable bonds is 10. The minimum absolute atomic E-state index is 0.133. The highest BCUT2D eigenvalue weighted by atomic mass is 79.9. The highest BCUT2D eigenvalue weighted by molar-refractivity contribution is 9.10. The van der Waals surface area contributed by atoms with Crippen molar-refractivity contribution < 1.29 is 28.7 Å². The van der Waals surface area contributed by atoms with Gasteiger partial charge in [0.05, 0.1) is 21.6 Å². The largest absolute Gasteiger partial charge is 0.490 e. The number of hydrogen-bond acceptors (Lipinski definition) is 7. The van der Waals surface area contributed by atoms with Gasteiger partial charge in [-0.1, -0.05) is 29.8 Å². The summed E-state index contributed by atoms with van der Waals surface area (Å²) < 4.78 is 17.2. The Bertz CT molecular complexity index is 1190. The Hall–Kier alpha value is -3.72. The van der Waals surface area contributed by atoms with Crippen LogP contribution in [0.4, 0.5) is 5.69 Å². The van der Waals surface area contributed by atoms with Crippen molar-refractivity contribution in [2.24, 2.45) is 0 Å². The molecule has 0 spiro atoms. The Labute approximate surface area is 204 Å². The number of ether oxygens (including phenoxy) is 3. The highest BCUT2D eigenvalue weighted by Crippen LogP contribution is 2.37. The van der Waals surface area contributed by atoms with Crippen molar-refractivity contribution in [1.29, 1.82) is 0 Å². The van der Waals surface area contributed by atoms with Gasteiger partial charge in [-0.05, 0) is 59.6 Å². The van der Waals surface area contributed by atoms with E-state index in [0.29, 0.717) is 29.2 Å². The van der Waals surface area contributed by atoms with E-state index in [0.717, 1.165) is 11.1 Å². The van der Waals surface area contributed by atoms with Crippen LogP contribution in [0.1, 0.15) is 38.8 Å². The average molecular weight is 528 g/mol. The maximum absolute atomic E-state index is 12.6. The Kier molecular flexibility index (Phi) is 8.37. The van der Waals surface area contributed by atoms with Gasteiger partial charge in [0.25, 0.3) is 5.69 Å². The summed E-state index contributed by atoms with van der Waals surface area (Å²) in [6.07, 6.45) is 0. The number of non-ortho nitro benzene ring substituents is 1. The second-order valence-corrected chi connectivity index (χ2v) is 8.15. The van der Waals surface area contributed by atoms with Gasteiger partial charge in [0, 0.05) is 17.7 Å². The van der Waals surface area contributed by atoms with Crippen molar-refractivity contribution in [3.63, 3.8) is 0 Å². The second-order valence-electron chi connectivity index (χ2n) is 7.30. The lowest BCUT2D eigenvalue weighted by Crippen LogP contribution is -2.14. The van der Waals surface area contributed by atoms with Gasteiger partial charge in [-0.3, -0.25) is 14.9 Å². The number of hydrogen-bond donors (Lipinski definition) is 0. The van der Waals surface area contributed by atoms with Crippen LogP contribution in [0.5, 0.6) is 11.5 Å². The van der Waals surface area contributed by atoms with Gasteiger partial charge in [-0.15, -0.1) is 0 Å². The molecule has 0 atom stereocenters. The lowest BCUT2D eigenvalue weighted by atomic mass is 10.1. The van der Waals surface area contributed by atoms with Gasteiger partial charge in [0.1, 0.15) is 6.61 Å². The number of nitro benzene ring substituents is 1. The fourth-order valence-electron chi connectivity index (χ4n) is 3.00. The van der Waals surface area contributed by atoms with Gasteiger partial charge in [-0.25, -0.2) is 4.79 Å². The summed E-state index contributed by atoms with van der Waals surface area (Å²) in [5.74, 6) is -0.397. The van der Waals surface area contributed by atoms with E-state index in [4.69, 9.17) is 14.2 Å². The quantitative estimate of drug-likeness (QED) is 0.144. The molecule has 0 unspecified atom stereocenters. The number of carbonyl (C=O) groups is 2. The molecule has 0 fully saturated rings. The number of ketones is 1. The SMILES string of the molecule is CCOc1cc(C(=O)OCC(=O)c2ccc([N+](=O)[O-])cc2)cc(Br)c1OCc1ccc(C)cc1. The molecule has 3 aromatic rings. The fourth-order valence-corrected chi connectivity index (χ4v) is 3.55. The first-order chi connectivity index (χ1) is 16.3. The van der Waals surface area contributed by atoms with Gasteiger partial charge in [0.2, 0.25) is 0 Å². The van der Waals surface area contributed by atoms with E-state index in [2.05, 4.69) is 15.9 Å². The van der Waals surface area contributed by atoms with Crippen molar-refractivity contribution in [1.82, 2.24) is 0 Å². The molecule has 3 aromatic carbocycles. The molecule has 0 N–H and O–H groups in total. The van der Waals surface area contributed by atoms with Crippen molar-refractivity contribution in [2.75, 3.05) is 13.2 Å². The normalized spacial score (nSPS) is 10.4. The topological polar surface area (TPSA) is 105 Å². The van der Waals surface area contributed by atoms with Crippen molar-refractivity contribution in [3.05, 3.63) is 97.5 Å². The van der Waals surface area contributed by atoms with E-state index in [1.165, 1.54) is 36.4 Å². The van der Waals surface area contributed by atoms with E-state index >= 15 is 0 Å². The third-order valence-corrected chi connectivity index (χ3v) is 5.37. The van der Waals surface area contributed by atoms with Crippen LogP contribution in [-0.4, -0.2) is 29.9 Å².